The van der Waals surface area contributed by atoms with Crippen LogP contribution in [0.1, 0.15) is 18.1 Å². The molecule has 0 N–H and O–H groups in total. The summed E-state index contributed by atoms with van der Waals surface area (Å²) in [6.45, 7) is 5.74. The van der Waals surface area contributed by atoms with E-state index in [1.165, 1.54) is 0 Å². The Labute approximate surface area is 372 Å². The lowest BCUT2D eigenvalue weighted by atomic mass is 9.97. The van der Waals surface area contributed by atoms with E-state index in [2.05, 4.69) is 110 Å². The molecule has 0 aliphatic rings. The standard InChI is InChI=1S/C53H34N12/c1-3-19-57-50(55-2)33-11-15-43-39(26-33)40-27-34(51-58-20-6-21-59-51)12-16-44(40)64(43)47-31-56-32-48(49(47)38-10-5-4-9-37(38)30-54)65-45-17-13-35(52-60-22-7-23-61-52)28-41(45)42-29-36(14-18-46(42)65)53-62-24-8-25-63-53/h3-29,31-32H,2H2,1H3/b19-3-,57-50?. The van der Waals surface area contributed by atoms with Crippen LogP contribution in [-0.4, -0.2) is 56.6 Å². The van der Waals surface area contributed by atoms with Crippen LogP contribution in [0.15, 0.2) is 187 Å². The van der Waals surface area contributed by atoms with E-state index in [4.69, 9.17) is 4.98 Å². The number of aliphatic imine (C=N–C) groups is 2. The summed E-state index contributed by atoms with van der Waals surface area (Å²) in [4.78, 5) is 41.3. The fourth-order valence-corrected chi connectivity index (χ4v) is 8.67. The number of allylic oxidation sites excluding steroid dienone is 1. The minimum absolute atomic E-state index is 0.496. The van der Waals surface area contributed by atoms with Crippen molar-refractivity contribution in [1.82, 2.24) is 44.0 Å². The van der Waals surface area contributed by atoms with Crippen LogP contribution in [0.2, 0.25) is 0 Å². The molecular formula is C53H34N12. The Morgan fingerprint density at radius 2 is 1.02 bits per heavy atom. The van der Waals surface area contributed by atoms with Crippen LogP contribution in [0.5, 0.6) is 0 Å². The lowest BCUT2D eigenvalue weighted by Gasteiger charge is -2.20. The van der Waals surface area contributed by atoms with Gasteiger partial charge in [-0.3, -0.25) is 4.98 Å². The van der Waals surface area contributed by atoms with Crippen molar-refractivity contribution in [1.29, 1.82) is 5.26 Å². The third-order valence-electron chi connectivity index (χ3n) is 11.5. The number of rotatable bonds is 8. The first kappa shape index (κ1) is 38.6. The maximum atomic E-state index is 10.7. The molecule has 11 rings (SSSR count). The van der Waals surface area contributed by atoms with E-state index in [0.717, 1.165) is 88.4 Å². The summed E-state index contributed by atoms with van der Waals surface area (Å²) in [6.07, 6.45) is 17.8. The van der Waals surface area contributed by atoms with Gasteiger partial charge in [0.25, 0.3) is 0 Å². The summed E-state index contributed by atoms with van der Waals surface area (Å²) in [7, 11) is 0. The van der Waals surface area contributed by atoms with Gasteiger partial charge in [0.1, 0.15) is 0 Å². The average molecular weight is 839 g/mol. The maximum absolute atomic E-state index is 10.7. The number of hydrogen-bond donors (Lipinski definition) is 0. The van der Waals surface area contributed by atoms with Gasteiger partial charge >= 0.3 is 0 Å². The second-order valence-corrected chi connectivity index (χ2v) is 15.1. The van der Waals surface area contributed by atoms with Crippen LogP contribution in [0.25, 0.3) is 100 Å². The smallest absolute Gasteiger partial charge is 0.159 e. The first-order chi connectivity index (χ1) is 32.1. The molecular weight excluding hydrogens is 805 g/mol. The predicted molar refractivity (Wildman–Crippen MR) is 257 cm³/mol. The zero-order valence-corrected chi connectivity index (χ0v) is 34.8. The molecule has 0 atom stereocenters. The van der Waals surface area contributed by atoms with E-state index in [0.29, 0.717) is 28.9 Å². The fraction of sp³-hybridized carbons (Fsp3) is 0.0189. The molecule has 6 heterocycles. The van der Waals surface area contributed by atoms with Crippen molar-refractivity contribution in [3.63, 3.8) is 0 Å². The van der Waals surface area contributed by atoms with Crippen molar-refractivity contribution in [2.24, 2.45) is 9.98 Å². The summed E-state index contributed by atoms with van der Waals surface area (Å²) in [5.74, 6) is 2.34. The minimum atomic E-state index is 0.496. The SMILES string of the molecule is C=NC(=N/C=C\C)c1ccc2c(c1)c1cc(-c3ncccn3)ccc1n2-c1cncc(-n2c3ccc(-c4ncccn4)cc3c3cc(-c4ncccn4)ccc32)c1-c1ccccc1C#N. The van der Waals surface area contributed by atoms with Gasteiger partial charge in [0.05, 0.1) is 57.5 Å². The molecule has 306 valence electrons. The van der Waals surface area contributed by atoms with Crippen molar-refractivity contribution in [3.8, 4) is 62.7 Å². The fourth-order valence-electron chi connectivity index (χ4n) is 8.67. The van der Waals surface area contributed by atoms with Gasteiger partial charge in [-0.15, -0.1) is 0 Å². The summed E-state index contributed by atoms with van der Waals surface area (Å²) in [5.41, 5.74) is 10.7. The van der Waals surface area contributed by atoms with Crippen molar-refractivity contribution >= 4 is 56.2 Å². The molecule has 12 heteroatoms. The van der Waals surface area contributed by atoms with Crippen LogP contribution in [0, 0.1) is 11.3 Å². The maximum Gasteiger partial charge on any atom is 0.159 e. The Morgan fingerprint density at radius 3 is 1.46 bits per heavy atom. The second-order valence-electron chi connectivity index (χ2n) is 15.1. The highest BCUT2D eigenvalue weighted by Crippen LogP contribution is 2.44. The third-order valence-corrected chi connectivity index (χ3v) is 11.5. The van der Waals surface area contributed by atoms with E-state index in [1.807, 2.05) is 86.1 Å². The zero-order chi connectivity index (χ0) is 43.9. The second kappa shape index (κ2) is 16.2. The van der Waals surface area contributed by atoms with Crippen molar-refractivity contribution in [3.05, 3.63) is 188 Å². The Kier molecular flexibility index (Phi) is 9.60. The molecule has 6 aromatic heterocycles. The highest BCUT2D eigenvalue weighted by Gasteiger charge is 2.25. The number of amidine groups is 1. The molecule has 0 spiro atoms. The molecule has 0 aliphatic carbocycles. The van der Waals surface area contributed by atoms with Gasteiger partial charge in [-0.25, -0.2) is 39.9 Å². The predicted octanol–water partition coefficient (Wildman–Crippen LogP) is 11.2. The number of nitriles is 1. The number of nitrogens with zero attached hydrogens (tertiary/aromatic N) is 12. The molecule has 0 saturated carbocycles. The van der Waals surface area contributed by atoms with Crippen molar-refractivity contribution in [2.45, 2.75) is 6.92 Å². The highest BCUT2D eigenvalue weighted by molar-refractivity contribution is 6.15. The number of hydrogen-bond acceptors (Lipinski definition) is 9. The third kappa shape index (κ3) is 6.59. The molecule has 0 radical (unpaired) electrons. The summed E-state index contributed by atoms with van der Waals surface area (Å²) < 4.78 is 4.45. The van der Waals surface area contributed by atoms with Crippen LogP contribution in [0.3, 0.4) is 0 Å². The lowest BCUT2D eigenvalue weighted by Crippen LogP contribution is -2.06. The zero-order valence-electron chi connectivity index (χ0n) is 34.8. The molecule has 5 aromatic carbocycles. The number of pyridine rings is 1. The molecule has 65 heavy (non-hydrogen) atoms. The summed E-state index contributed by atoms with van der Waals surface area (Å²) in [5, 5.41) is 14.6. The van der Waals surface area contributed by atoms with E-state index in [-0.39, 0.29) is 0 Å². The van der Waals surface area contributed by atoms with Crippen molar-refractivity contribution < 1.29 is 0 Å². The monoisotopic (exact) mass is 838 g/mol. The van der Waals surface area contributed by atoms with Gasteiger partial charge in [-0.05, 0) is 111 Å². The summed E-state index contributed by atoms with van der Waals surface area (Å²) >= 11 is 0. The molecule has 11 aromatic rings. The minimum Gasteiger partial charge on any atom is -0.307 e. The molecule has 0 bridgehead atoms. The Hall–Kier alpha value is -9.34. The molecule has 0 amide bonds. The molecule has 0 saturated heterocycles. The number of aromatic nitrogens is 9. The number of fused-ring (bicyclic) bond motifs is 6. The quantitative estimate of drug-likeness (QED) is 0.108. The molecule has 0 fully saturated rings. The van der Waals surface area contributed by atoms with Gasteiger partial charge in [-0.1, -0.05) is 24.3 Å². The number of benzene rings is 5. The lowest BCUT2D eigenvalue weighted by molar-refractivity contribution is 1.09. The van der Waals surface area contributed by atoms with Gasteiger partial charge in [0.15, 0.2) is 23.3 Å². The van der Waals surface area contributed by atoms with E-state index >= 15 is 0 Å². The normalized spacial score (nSPS) is 11.8. The largest absolute Gasteiger partial charge is 0.307 e. The van der Waals surface area contributed by atoms with Gasteiger partial charge in [-0.2, -0.15) is 5.26 Å². The van der Waals surface area contributed by atoms with Crippen LogP contribution in [-0.2, 0) is 0 Å². The Morgan fingerprint density at radius 1 is 0.569 bits per heavy atom. The van der Waals surface area contributed by atoms with Gasteiger partial charge in [0, 0.05) is 98.3 Å². The first-order valence-electron chi connectivity index (χ1n) is 20.8. The molecule has 12 nitrogen and oxygen atoms in total. The topological polar surface area (TPSA) is 149 Å². The molecule has 0 aliphatic heterocycles. The molecule has 0 unspecified atom stereocenters. The average Bonchev–Trinajstić information content (AvgIpc) is 3.88. The van der Waals surface area contributed by atoms with E-state index in [1.54, 1.807) is 49.4 Å². The Bertz CT molecular complexity index is 3660. The van der Waals surface area contributed by atoms with Crippen LogP contribution >= 0.6 is 0 Å². The Balaban J connectivity index is 1.25. The first-order valence-corrected chi connectivity index (χ1v) is 20.8. The van der Waals surface area contributed by atoms with E-state index in [9.17, 15) is 5.26 Å². The summed E-state index contributed by atoms with van der Waals surface area (Å²) in [6, 6.07) is 40.6. The van der Waals surface area contributed by atoms with E-state index < -0.39 is 0 Å². The van der Waals surface area contributed by atoms with Gasteiger partial charge in [0.2, 0.25) is 0 Å². The van der Waals surface area contributed by atoms with Crippen LogP contribution in [0.4, 0.5) is 0 Å². The van der Waals surface area contributed by atoms with Gasteiger partial charge < -0.3 is 9.13 Å². The van der Waals surface area contributed by atoms with Crippen LogP contribution < -0.4 is 0 Å². The van der Waals surface area contributed by atoms with Crippen molar-refractivity contribution in [2.75, 3.05) is 0 Å². The highest BCUT2D eigenvalue weighted by atomic mass is 15.0.